The van der Waals surface area contributed by atoms with Gasteiger partial charge in [-0.3, -0.25) is 9.88 Å². The molecule has 150 valence electrons. The lowest BCUT2D eigenvalue weighted by atomic mass is 10.0. The zero-order chi connectivity index (χ0) is 20.2. The normalized spacial score (nSPS) is 16.0. The minimum atomic E-state index is -0.951. The Morgan fingerprint density at radius 1 is 0.966 bits per heavy atom. The van der Waals surface area contributed by atoms with Gasteiger partial charge < -0.3 is 10.0 Å². The van der Waals surface area contributed by atoms with Gasteiger partial charge in [-0.1, -0.05) is 48.0 Å². The van der Waals surface area contributed by atoms with Gasteiger partial charge in [-0.05, 0) is 30.7 Å². The Kier molecular flexibility index (Phi) is 5.88. The van der Waals surface area contributed by atoms with Crippen LogP contribution >= 0.6 is 0 Å². The Labute approximate surface area is 171 Å². The molecule has 0 bridgehead atoms. The number of pyridine rings is 1. The van der Waals surface area contributed by atoms with Crippen molar-refractivity contribution < 1.29 is 9.50 Å². The first kappa shape index (κ1) is 19.6. The minimum absolute atomic E-state index is 0.301. The molecule has 0 saturated carbocycles. The number of para-hydroxylation sites is 1. The van der Waals surface area contributed by atoms with Crippen molar-refractivity contribution in [2.75, 3.05) is 31.1 Å². The van der Waals surface area contributed by atoms with Gasteiger partial charge in [-0.2, -0.15) is 0 Å². The van der Waals surface area contributed by atoms with Gasteiger partial charge in [0.25, 0.3) is 0 Å². The maximum Gasteiger partial charge on any atom is 0.146 e. The van der Waals surface area contributed by atoms with Crippen molar-refractivity contribution in [3.05, 3.63) is 95.1 Å². The van der Waals surface area contributed by atoms with Gasteiger partial charge in [0, 0.05) is 44.5 Å². The molecule has 1 aliphatic heterocycles. The summed E-state index contributed by atoms with van der Waals surface area (Å²) in [5.41, 5.74) is 4.13. The summed E-state index contributed by atoms with van der Waals surface area (Å²) in [7, 11) is 0. The fraction of sp³-hybridized carbons (Fsp3) is 0.292. The summed E-state index contributed by atoms with van der Waals surface area (Å²) < 4.78 is 14.8. The molecular weight excluding hydrogens is 365 g/mol. The lowest BCUT2D eigenvalue weighted by molar-refractivity contribution is 0.213. The number of aliphatic hydroxyl groups is 1. The second-order valence-electron chi connectivity index (χ2n) is 7.58. The van der Waals surface area contributed by atoms with Crippen molar-refractivity contribution in [1.29, 1.82) is 0 Å². The molecule has 2 heterocycles. The van der Waals surface area contributed by atoms with Crippen LogP contribution in [0, 0.1) is 12.7 Å². The van der Waals surface area contributed by atoms with E-state index < -0.39 is 6.10 Å². The molecule has 1 saturated heterocycles. The Hall–Kier alpha value is -2.76. The van der Waals surface area contributed by atoms with E-state index in [0.717, 1.165) is 19.6 Å². The smallest absolute Gasteiger partial charge is 0.146 e. The third kappa shape index (κ3) is 4.47. The van der Waals surface area contributed by atoms with Crippen molar-refractivity contribution in [2.24, 2.45) is 0 Å². The number of hydrogen-bond donors (Lipinski definition) is 1. The van der Waals surface area contributed by atoms with Crippen LogP contribution in [0.5, 0.6) is 0 Å². The predicted octanol–water partition coefficient (Wildman–Crippen LogP) is 3.93. The number of piperazine rings is 1. The first-order chi connectivity index (χ1) is 14.1. The molecule has 0 spiro atoms. The average Bonchev–Trinajstić information content (AvgIpc) is 2.76. The molecule has 4 nitrogen and oxygen atoms in total. The van der Waals surface area contributed by atoms with Crippen LogP contribution in [0.25, 0.3) is 0 Å². The number of halogens is 1. The van der Waals surface area contributed by atoms with E-state index >= 15 is 0 Å². The van der Waals surface area contributed by atoms with Crippen LogP contribution in [-0.4, -0.2) is 41.2 Å². The van der Waals surface area contributed by atoms with Crippen LogP contribution in [0.3, 0.4) is 0 Å². The summed E-state index contributed by atoms with van der Waals surface area (Å²) in [6, 6.07) is 18.9. The monoisotopic (exact) mass is 391 g/mol. The maximum absolute atomic E-state index is 14.8. The van der Waals surface area contributed by atoms with Crippen LogP contribution in [0.15, 0.2) is 66.9 Å². The predicted molar refractivity (Wildman–Crippen MR) is 113 cm³/mol. The highest BCUT2D eigenvalue weighted by Crippen LogP contribution is 2.33. The first-order valence-electron chi connectivity index (χ1n) is 10.0. The Bertz CT molecular complexity index is 938. The SMILES string of the molecule is Cc1ccc(CN2CCN(c3c(F)cccc3[C@@H](O)c3ccccn3)CC2)cc1. The van der Waals surface area contributed by atoms with Crippen molar-refractivity contribution in [3.8, 4) is 0 Å². The van der Waals surface area contributed by atoms with Crippen molar-refractivity contribution in [3.63, 3.8) is 0 Å². The molecule has 1 aliphatic rings. The van der Waals surface area contributed by atoms with Gasteiger partial charge in [-0.15, -0.1) is 0 Å². The second-order valence-corrected chi connectivity index (χ2v) is 7.58. The van der Waals surface area contributed by atoms with Gasteiger partial charge >= 0.3 is 0 Å². The minimum Gasteiger partial charge on any atom is -0.382 e. The van der Waals surface area contributed by atoms with E-state index in [9.17, 15) is 9.50 Å². The summed E-state index contributed by atoms with van der Waals surface area (Å²) in [6.45, 7) is 6.12. The summed E-state index contributed by atoms with van der Waals surface area (Å²) >= 11 is 0. The van der Waals surface area contributed by atoms with Gasteiger partial charge in [0.1, 0.15) is 11.9 Å². The van der Waals surface area contributed by atoms with Gasteiger partial charge in [0.05, 0.1) is 11.4 Å². The fourth-order valence-corrected chi connectivity index (χ4v) is 3.86. The molecule has 0 unspecified atom stereocenters. The lowest BCUT2D eigenvalue weighted by Crippen LogP contribution is -2.46. The molecule has 3 aromatic rings. The summed E-state index contributed by atoms with van der Waals surface area (Å²) in [5, 5.41) is 10.8. The third-order valence-electron chi connectivity index (χ3n) is 5.50. The molecule has 2 aromatic carbocycles. The van der Waals surface area contributed by atoms with Crippen LogP contribution in [0.1, 0.15) is 28.5 Å². The highest BCUT2D eigenvalue weighted by molar-refractivity contribution is 5.57. The maximum atomic E-state index is 14.8. The zero-order valence-electron chi connectivity index (χ0n) is 16.6. The highest BCUT2D eigenvalue weighted by atomic mass is 19.1. The number of rotatable bonds is 5. The fourth-order valence-electron chi connectivity index (χ4n) is 3.86. The number of nitrogens with zero attached hydrogens (tertiary/aromatic N) is 3. The van der Waals surface area contributed by atoms with Crippen molar-refractivity contribution >= 4 is 5.69 Å². The Morgan fingerprint density at radius 3 is 2.41 bits per heavy atom. The molecule has 4 rings (SSSR count). The van der Waals surface area contributed by atoms with Crippen molar-refractivity contribution in [2.45, 2.75) is 19.6 Å². The first-order valence-corrected chi connectivity index (χ1v) is 10.0. The van der Waals surface area contributed by atoms with Crippen LogP contribution in [0.4, 0.5) is 10.1 Å². The standard InChI is InChI=1S/C24H26FN3O/c1-18-8-10-19(11-9-18)17-27-13-15-28(16-14-27)23-20(5-4-6-21(23)25)24(29)22-7-2-3-12-26-22/h2-12,24,29H,13-17H2,1H3/t24-/m1/s1. The summed E-state index contributed by atoms with van der Waals surface area (Å²) in [4.78, 5) is 8.67. The molecular formula is C24H26FN3O. The van der Waals surface area contributed by atoms with E-state index in [1.54, 1.807) is 30.5 Å². The quantitative estimate of drug-likeness (QED) is 0.715. The van der Waals surface area contributed by atoms with E-state index in [2.05, 4.69) is 41.1 Å². The lowest BCUT2D eigenvalue weighted by Gasteiger charge is -2.37. The number of benzene rings is 2. The molecule has 1 N–H and O–H groups in total. The number of aryl methyl sites for hydroxylation is 1. The number of aromatic nitrogens is 1. The highest BCUT2D eigenvalue weighted by Gasteiger charge is 2.25. The molecule has 1 aromatic heterocycles. The molecule has 0 amide bonds. The largest absolute Gasteiger partial charge is 0.382 e. The Morgan fingerprint density at radius 2 is 1.72 bits per heavy atom. The molecule has 1 atom stereocenters. The van der Waals surface area contributed by atoms with E-state index in [1.807, 2.05) is 11.0 Å². The van der Waals surface area contributed by atoms with E-state index in [-0.39, 0.29) is 5.82 Å². The van der Waals surface area contributed by atoms with Crippen LogP contribution < -0.4 is 4.90 Å². The third-order valence-corrected chi connectivity index (χ3v) is 5.50. The van der Waals surface area contributed by atoms with E-state index in [0.29, 0.717) is 30.0 Å². The summed E-state index contributed by atoms with van der Waals surface area (Å²) in [5.74, 6) is -0.301. The topological polar surface area (TPSA) is 39.6 Å². The van der Waals surface area contributed by atoms with E-state index in [1.165, 1.54) is 17.2 Å². The zero-order valence-corrected chi connectivity index (χ0v) is 16.6. The summed E-state index contributed by atoms with van der Waals surface area (Å²) in [6.07, 6.45) is 0.689. The van der Waals surface area contributed by atoms with E-state index in [4.69, 9.17) is 0 Å². The molecule has 5 heteroatoms. The number of anilines is 1. The van der Waals surface area contributed by atoms with Gasteiger partial charge in [0.15, 0.2) is 0 Å². The van der Waals surface area contributed by atoms with Gasteiger partial charge in [0.2, 0.25) is 0 Å². The van der Waals surface area contributed by atoms with Gasteiger partial charge in [-0.25, -0.2) is 4.39 Å². The average molecular weight is 391 g/mol. The molecule has 29 heavy (non-hydrogen) atoms. The second kappa shape index (κ2) is 8.72. The molecule has 0 radical (unpaired) electrons. The van der Waals surface area contributed by atoms with Crippen LogP contribution in [-0.2, 0) is 6.54 Å². The number of aliphatic hydroxyl groups excluding tert-OH is 1. The molecule has 0 aliphatic carbocycles. The van der Waals surface area contributed by atoms with Crippen molar-refractivity contribution in [1.82, 2.24) is 9.88 Å². The number of hydrogen-bond acceptors (Lipinski definition) is 4. The Balaban J connectivity index is 1.49. The van der Waals surface area contributed by atoms with Crippen LogP contribution in [0.2, 0.25) is 0 Å². The molecule has 1 fully saturated rings.